The quantitative estimate of drug-likeness (QED) is 0.614. The minimum absolute atomic E-state index is 0.512. The zero-order chi connectivity index (χ0) is 14.3. The van der Waals surface area contributed by atoms with Gasteiger partial charge in [-0.1, -0.05) is 36.4 Å². The smallest absolute Gasteiger partial charge is 0.258 e. The van der Waals surface area contributed by atoms with Gasteiger partial charge in [-0.15, -0.1) is 0 Å². The highest BCUT2D eigenvalue weighted by Gasteiger charge is 2.23. The summed E-state index contributed by atoms with van der Waals surface area (Å²) in [5.74, 6) is -0.878. The van der Waals surface area contributed by atoms with E-state index < -0.39 is 27.0 Å². The summed E-state index contributed by atoms with van der Waals surface area (Å²) in [4.78, 5) is 18.5. The molecule has 0 unspecified atom stereocenters. The van der Waals surface area contributed by atoms with E-state index in [4.69, 9.17) is 0 Å². The molecule has 2 aromatic carbocycles. The molecule has 0 atom stereocenters. The molecular formula is C12H9FN2O4. The molecule has 0 spiro atoms. The minimum atomic E-state index is -0.999. The maximum absolute atomic E-state index is 12.4. The molecule has 19 heavy (non-hydrogen) atoms. The lowest BCUT2D eigenvalue weighted by Gasteiger charge is -1.93. The van der Waals surface area contributed by atoms with Gasteiger partial charge in [-0.2, -0.15) is 0 Å². The highest BCUT2D eigenvalue weighted by molar-refractivity contribution is 5.51. The van der Waals surface area contributed by atoms with Gasteiger partial charge in [-0.3, -0.25) is 20.2 Å². The van der Waals surface area contributed by atoms with Crippen LogP contribution in [-0.4, -0.2) is 9.85 Å². The summed E-state index contributed by atoms with van der Waals surface area (Å²) >= 11 is 0. The Labute approximate surface area is 107 Å². The Morgan fingerprint density at radius 1 is 0.789 bits per heavy atom. The molecule has 2 rings (SSSR count). The standard InChI is InChI=1S/C6H3FN2O4.C6H6/c7-4-1-2-5(8(10)11)6(3-4)9(12)13;1-2-4-6-5-3-1/h1-3H;1-6H. The van der Waals surface area contributed by atoms with Crippen LogP contribution in [0.5, 0.6) is 0 Å². The van der Waals surface area contributed by atoms with Gasteiger partial charge in [0.1, 0.15) is 5.82 Å². The predicted molar refractivity (Wildman–Crippen MR) is 66.2 cm³/mol. The first-order chi connectivity index (χ1) is 9.02. The molecule has 98 valence electrons. The molecule has 0 bridgehead atoms. The molecule has 0 aliphatic carbocycles. The molecular weight excluding hydrogens is 255 g/mol. The fourth-order valence-corrected chi connectivity index (χ4v) is 1.18. The average molecular weight is 264 g/mol. The van der Waals surface area contributed by atoms with Crippen molar-refractivity contribution >= 4 is 11.4 Å². The largest absolute Gasteiger partial charge is 0.348 e. The monoisotopic (exact) mass is 264 g/mol. The van der Waals surface area contributed by atoms with E-state index in [9.17, 15) is 24.6 Å². The number of nitrogens with zero attached hydrogens (tertiary/aromatic N) is 2. The third kappa shape index (κ3) is 4.50. The van der Waals surface area contributed by atoms with Crippen LogP contribution in [0.3, 0.4) is 0 Å². The first-order valence-electron chi connectivity index (χ1n) is 5.10. The van der Waals surface area contributed by atoms with Gasteiger partial charge in [-0.05, 0) is 6.07 Å². The van der Waals surface area contributed by atoms with Crippen LogP contribution in [-0.2, 0) is 0 Å². The van der Waals surface area contributed by atoms with E-state index >= 15 is 0 Å². The molecule has 0 amide bonds. The Balaban J connectivity index is 0.000000250. The molecule has 0 aliphatic rings. The summed E-state index contributed by atoms with van der Waals surface area (Å²) in [5, 5.41) is 20.4. The molecule has 0 aromatic heterocycles. The van der Waals surface area contributed by atoms with Gasteiger partial charge in [0.2, 0.25) is 0 Å². The van der Waals surface area contributed by atoms with Crippen LogP contribution >= 0.6 is 0 Å². The van der Waals surface area contributed by atoms with Crippen molar-refractivity contribution in [2.45, 2.75) is 0 Å². The summed E-state index contributed by atoms with van der Waals surface area (Å²) < 4.78 is 12.4. The highest BCUT2D eigenvalue weighted by atomic mass is 19.1. The number of nitro benzene ring substituents is 2. The Morgan fingerprint density at radius 2 is 1.21 bits per heavy atom. The number of rotatable bonds is 2. The lowest BCUT2D eigenvalue weighted by molar-refractivity contribution is -0.422. The number of nitro groups is 2. The summed E-state index contributed by atoms with van der Waals surface area (Å²) in [6, 6.07) is 14.1. The van der Waals surface area contributed by atoms with Crippen LogP contribution in [0.15, 0.2) is 54.6 Å². The van der Waals surface area contributed by atoms with E-state index in [1.165, 1.54) is 0 Å². The molecule has 0 N–H and O–H groups in total. The second-order valence-corrected chi connectivity index (χ2v) is 3.30. The molecule has 7 heteroatoms. The lowest BCUT2D eigenvalue weighted by atomic mass is 10.3. The SMILES string of the molecule is O=[N+]([O-])c1ccc(F)cc1[N+](=O)[O-].c1ccccc1. The van der Waals surface area contributed by atoms with Gasteiger partial charge < -0.3 is 0 Å². The van der Waals surface area contributed by atoms with E-state index in [1.807, 2.05) is 36.4 Å². The van der Waals surface area contributed by atoms with Crippen LogP contribution in [0, 0.1) is 26.0 Å². The molecule has 6 nitrogen and oxygen atoms in total. The fraction of sp³-hybridized carbons (Fsp3) is 0. The first kappa shape index (κ1) is 14.2. The van der Waals surface area contributed by atoms with Crippen molar-refractivity contribution in [2.75, 3.05) is 0 Å². The van der Waals surface area contributed by atoms with Crippen molar-refractivity contribution in [2.24, 2.45) is 0 Å². The third-order valence-corrected chi connectivity index (χ3v) is 2.00. The minimum Gasteiger partial charge on any atom is -0.258 e. The van der Waals surface area contributed by atoms with Crippen molar-refractivity contribution in [1.82, 2.24) is 0 Å². The topological polar surface area (TPSA) is 86.3 Å². The normalized spacial score (nSPS) is 9.11. The van der Waals surface area contributed by atoms with Crippen molar-refractivity contribution in [3.8, 4) is 0 Å². The van der Waals surface area contributed by atoms with Gasteiger partial charge in [-0.25, -0.2) is 4.39 Å². The second-order valence-electron chi connectivity index (χ2n) is 3.30. The third-order valence-electron chi connectivity index (χ3n) is 2.00. The van der Waals surface area contributed by atoms with Gasteiger partial charge >= 0.3 is 11.4 Å². The van der Waals surface area contributed by atoms with Crippen molar-refractivity contribution < 1.29 is 14.2 Å². The molecule has 2 aromatic rings. The van der Waals surface area contributed by atoms with Crippen molar-refractivity contribution in [1.29, 1.82) is 0 Å². The van der Waals surface area contributed by atoms with E-state index in [-0.39, 0.29) is 0 Å². The van der Waals surface area contributed by atoms with Gasteiger partial charge in [0.15, 0.2) is 0 Å². The molecule has 0 radical (unpaired) electrons. The molecule has 0 fully saturated rings. The average Bonchev–Trinajstić information content (AvgIpc) is 2.41. The van der Waals surface area contributed by atoms with E-state index in [2.05, 4.69) is 0 Å². The Kier molecular flexibility index (Phi) is 5.09. The Bertz CT molecular complexity index is 548. The van der Waals surface area contributed by atoms with E-state index in [0.29, 0.717) is 6.07 Å². The molecule has 0 saturated heterocycles. The van der Waals surface area contributed by atoms with Gasteiger partial charge in [0.25, 0.3) is 0 Å². The van der Waals surface area contributed by atoms with E-state index in [1.54, 1.807) is 0 Å². The van der Waals surface area contributed by atoms with Crippen LogP contribution in [0.1, 0.15) is 0 Å². The van der Waals surface area contributed by atoms with Gasteiger partial charge in [0.05, 0.1) is 15.9 Å². The van der Waals surface area contributed by atoms with Crippen LogP contribution in [0.2, 0.25) is 0 Å². The summed E-state index contributed by atoms with van der Waals surface area (Å²) in [5.41, 5.74) is -1.56. The number of hydrogen-bond acceptors (Lipinski definition) is 4. The molecule has 0 saturated carbocycles. The summed E-state index contributed by atoms with van der Waals surface area (Å²) in [6.45, 7) is 0. The fourth-order valence-electron chi connectivity index (χ4n) is 1.18. The first-order valence-corrected chi connectivity index (χ1v) is 5.10. The number of hydrogen-bond donors (Lipinski definition) is 0. The Hall–Kier alpha value is -2.83. The molecule has 0 heterocycles. The van der Waals surface area contributed by atoms with Crippen molar-refractivity contribution in [3.05, 3.63) is 80.6 Å². The maximum atomic E-state index is 12.4. The van der Waals surface area contributed by atoms with Crippen LogP contribution < -0.4 is 0 Å². The highest BCUT2D eigenvalue weighted by Crippen LogP contribution is 2.26. The Morgan fingerprint density at radius 3 is 1.58 bits per heavy atom. The van der Waals surface area contributed by atoms with Gasteiger partial charge in [0, 0.05) is 6.07 Å². The zero-order valence-electron chi connectivity index (χ0n) is 9.60. The van der Waals surface area contributed by atoms with Crippen molar-refractivity contribution in [3.63, 3.8) is 0 Å². The number of halogens is 1. The summed E-state index contributed by atoms with van der Waals surface area (Å²) in [7, 11) is 0. The predicted octanol–water partition coefficient (Wildman–Crippen LogP) is 3.33. The van der Waals surface area contributed by atoms with Crippen LogP contribution in [0.25, 0.3) is 0 Å². The number of benzene rings is 2. The van der Waals surface area contributed by atoms with Crippen LogP contribution in [0.4, 0.5) is 15.8 Å². The zero-order valence-corrected chi connectivity index (χ0v) is 9.60. The second kappa shape index (κ2) is 6.80. The maximum Gasteiger partial charge on any atom is 0.348 e. The summed E-state index contributed by atoms with van der Waals surface area (Å²) in [6.07, 6.45) is 0. The molecule has 0 aliphatic heterocycles. The van der Waals surface area contributed by atoms with E-state index in [0.717, 1.165) is 12.1 Å². The lowest BCUT2D eigenvalue weighted by Crippen LogP contribution is -1.96.